The molecule has 0 aliphatic heterocycles. The van der Waals surface area contributed by atoms with Crippen molar-refractivity contribution in [1.82, 2.24) is 0 Å². The Morgan fingerprint density at radius 1 is 1.30 bits per heavy atom. The fourth-order valence-corrected chi connectivity index (χ4v) is 2.30. The third kappa shape index (κ3) is 3.21. The molecule has 0 saturated carbocycles. The zero-order chi connectivity index (χ0) is 14.5. The van der Waals surface area contributed by atoms with Gasteiger partial charge < -0.3 is 15.8 Å². The molecule has 5 heteroatoms. The second-order valence-corrected chi connectivity index (χ2v) is 4.71. The van der Waals surface area contributed by atoms with Gasteiger partial charge in [0.25, 0.3) is 0 Å². The van der Waals surface area contributed by atoms with Crippen molar-refractivity contribution in [2.24, 2.45) is 5.73 Å². The SMILES string of the molecule is COc1ccccc1NC(CN)c1ccc(F)cc1Cl. The maximum absolute atomic E-state index is 13.1. The number of para-hydroxylation sites is 2. The first kappa shape index (κ1) is 14.6. The Labute approximate surface area is 122 Å². The van der Waals surface area contributed by atoms with Crippen LogP contribution in [0.25, 0.3) is 0 Å². The van der Waals surface area contributed by atoms with Crippen molar-refractivity contribution in [1.29, 1.82) is 0 Å². The van der Waals surface area contributed by atoms with Crippen molar-refractivity contribution >= 4 is 17.3 Å². The first-order valence-electron chi connectivity index (χ1n) is 6.20. The van der Waals surface area contributed by atoms with Gasteiger partial charge in [-0.1, -0.05) is 29.8 Å². The zero-order valence-electron chi connectivity index (χ0n) is 11.1. The first-order valence-corrected chi connectivity index (χ1v) is 6.58. The molecule has 0 aromatic heterocycles. The van der Waals surface area contributed by atoms with Crippen LogP contribution in [-0.2, 0) is 0 Å². The molecule has 0 aliphatic rings. The van der Waals surface area contributed by atoms with Gasteiger partial charge in [-0.25, -0.2) is 4.39 Å². The predicted molar refractivity (Wildman–Crippen MR) is 79.8 cm³/mol. The molecular weight excluding hydrogens is 279 g/mol. The highest BCUT2D eigenvalue weighted by atomic mass is 35.5. The van der Waals surface area contributed by atoms with Crippen LogP contribution in [0, 0.1) is 5.82 Å². The molecular formula is C15H16ClFN2O. The number of nitrogens with two attached hydrogens (primary N) is 1. The number of rotatable bonds is 5. The highest BCUT2D eigenvalue weighted by molar-refractivity contribution is 6.31. The van der Waals surface area contributed by atoms with Crippen molar-refractivity contribution in [3.8, 4) is 5.75 Å². The molecule has 0 heterocycles. The molecule has 1 unspecified atom stereocenters. The Bertz CT molecular complexity index is 592. The van der Waals surface area contributed by atoms with Crippen LogP contribution in [0.4, 0.5) is 10.1 Å². The Morgan fingerprint density at radius 2 is 2.05 bits per heavy atom. The molecule has 0 aliphatic carbocycles. The molecule has 2 aromatic rings. The van der Waals surface area contributed by atoms with Crippen LogP contribution in [0.2, 0.25) is 5.02 Å². The van der Waals surface area contributed by atoms with Gasteiger partial charge in [0.05, 0.1) is 18.8 Å². The van der Waals surface area contributed by atoms with Gasteiger partial charge in [0.1, 0.15) is 11.6 Å². The Hall–Kier alpha value is -1.78. The van der Waals surface area contributed by atoms with Crippen molar-refractivity contribution < 1.29 is 9.13 Å². The molecule has 0 spiro atoms. The molecule has 20 heavy (non-hydrogen) atoms. The lowest BCUT2D eigenvalue weighted by molar-refractivity contribution is 0.416. The summed E-state index contributed by atoms with van der Waals surface area (Å²) < 4.78 is 18.4. The van der Waals surface area contributed by atoms with E-state index in [1.807, 2.05) is 24.3 Å². The van der Waals surface area contributed by atoms with Crippen molar-refractivity contribution in [2.45, 2.75) is 6.04 Å². The summed E-state index contributed by atoms with van der Waals surface area (Å²) in [7, 11) is 1.60. The summed E-state index contributed by atoms with van der Waals surface area (Å²) in [5.41, 5.74) is 7.36. The molecule has 1 atom stereocenters. The number of ether oxygens (including phenoxy) is 1. The maximum Gasteiger partial charge on any atom is 0.141 e. The lowest BCUT2D eigenvalue weighted by Gasteiger charge is -2.21. The van der Waals surface area contributed by atoms with Gasteiger partial charge in [0.2, 0.25) is 0 Å². The van der Waals surface area contributed by atoms with Crippen LogP contribution in [-0.4, -0.2) is 13.7 Å². The van der Waals surface area contributed by atoms with Gasteiger partial charge in [-0.05, 0) is 29.8 Å². The summed E-state index contributed by atoms with van der Waals surface area (Å²) in [5, 5.41) is 3.62. The van der Waals surface area contributed by atoms with E-state index >= 15 is 0 Å². The predicted octanol–water partition coefficient (Wildman–Crippen LogP) is 3.60. The van der Waals surface area contributed by atoms with E-state index in [0.717, 1.165) is 11.3 Å². The number of halogens is 2. The van der Waals surface area contributed by atoms with Crippen LogP contribution in [0.1, 0.15) is 11.6 Å². The number of hydrogen-bond acceptors (Lipinski definition) is 3. The smallest absolute Gasteiger partial charge is 0.141 e. The van der Waals surface area contributed by atoms with E-state index < -0.39 is 0 Å². The fourth-order valence-electron chi connectivity index (χ4n) is 2.00. The molecule has 2 rings (SSSR count). The number of nitrogens with one attached hydrogen (secondary N) is 1. The van der Waals surface area contributed by atoms with Crippen molar-refractivity contribution in [3.05, 3.63) is 58.9 Å². The summed E-state index contributed by atoms with van der Waals surface area (Å²) in [6.07, 6.45) is 0. The standard InChI is InChI=1S/C15H16ClFN2O/c1-20-15-5-3-2-4-13(15)19-14(9-18)11-7-6-10(17)8-12(11)16/h2-8,14,19H,9,18H2,1H3. The highest BCUT2D eigenvalue weighted by Crippen LogP contribution is 2.30. The second kappa shape index (κ2) is 6.59. The number of benzene rings is 2. The molecule has 2 aromatic carbocycles. The molecule has 106 valence electrons. The van der Waals surface area contributed by atoms with Crippen LogP contribution in [0.15, 0.2) is 42.5 Å². The summed E-state index contributed by atoms with van der Waals surface area (Å²) in [6, 6.07) is 11.6. The van der Waals surface area contributed by atoms with Gasteiger partial charge in [0, 0.05) is 11.6 Å². The molecule has 0 fully saturated rings. The zero-order valence-corrected chi connectivity index (χ0v) is 11.8. The van der Waals surface area contributed by atoms with E-state index in [-0.39, 0.29) is 11.9 Å². The minimum absolute atomic E-state index is 0.223. The van der Waals surface area contributed by atoms with E-state index in [1.54, 1.807) is 13.2 Å². The van der Waals surface area contributed by atoms with Gasteiger partial charge in [-0.15, -0.1) is 0 Å². The monoisotopic (exact) mass is 294 g/mol. The van der Waals surface area contributed by atoms with Crippen LogP contribution in [0.5, 0.6) is 5.75 Å². The van der Waals surface area contributed by atoms with Gasteiger partial charge in [0.15, 0.2) is 0 Å². The Kier molecular flexibility index (Phi) is 4.82. The molecule has 3 nitrogen and oxygen atoms in total. The number of hydrogen-bond donors (Lipinski definition) is 2. The van der Waals surface area contributed by atoms with E-state index in [1.165, 1.54) is 12.1 Å². The van der Waals surface area contributed by atoms with Crippen LogP contribution < -0.4 is 15.8 Å². The Morgan fingerprint density at radius 3 is 2.70 bits per heavy atom. The summed E-state index contributed by atoms with van der Waals surface area (Å²) in [5.74, 6) is 0.344. The van der Waals surface area contributed by atoms with E-state index in [2.05, 4.69) is 5.32 Å². The minimum atomic E-state index is -0.369. The van der Waals surface area contributed by atoms with E-state index in [4.69, 9.17) is 22.1 Å². The lowest BCUT2D eigenvalue weighted by Crippen LogP contribution is -2.21. The molecule has 0 saturated heterocycles. The number of methoxy groups -OCH3 is 1. The normalized spacial score (nSPS) is 12.0. The van der Waals surface area contributed by atoms with Crippen molar-refractivity contribution in [2.75, 3.05) is 19.0 Å². The summed E-state index contributed by atoms with van der Waals surface area (Å²) in [6.45, 7) is 0.323. The molecule has 3 N–H and O–H groups in total. The number of anilines is 1. The van der Waals surface area contributed by atoms with Crippen LogP contribution in [0.3, 0.4) is 0 Å². The molecule has 0 radical (unpaired) electrons. The molecule has 0 amide bonds. The van der Waals surface area contributed by atoms with Crippen molar-refractivity contribution in [3.63, 3.8) is 0 Å². The third-order valence-corrected chi connectivity index (χ3v) is 3.34. The fraction of sp³-hybridized carbons (Fsp3) is 0.200. The first-order chi connectivity index (χ1) is 9.65. The minimum Gasteiger partial charge on any atom is -0.495 e. The average molecular weight is 295 g/mol. The lowest BCUT2D eigenvalue weighted by atomic mass is 10.1. The van der Waals surface area contributed by atoms with E-state index in [0.29, 0.717) is 17.3 Å². The maximum atomic E-state index is 13.1. The van der Waals surface area contributed by atoms with E-state index in [9.17, 15) is 4.39 Å². The quantitative estimate of drug-likeness (QED) is 0.886. The highest BCUT2D eigenvalue weighted by Gasteiger charge is 2.15. The van der Waals surface area contributed by atoms with Gasteiger partial charge >= 0.3 is 0 Å². The topological polar surface area (TPSA) is 47.3 Å². The second-order valence-electron chi connectivity index (χ2n) is 4.30. The largest absolute Gasteiger partial charge is 0.495 e. The average Bonchev–Trinajstić information content (AvgIpc) is 2.46. The summed E-state index contributed by atoms with van der Waals surface area (Å²) >= 11 is 6.08. The third-order valence-electron chi connectivity index (χ3n) is 3.01. The molecule has 0 bridgehead atoms. The van der Waals surface area contributed by atoms with Gasteiger partial charge in [-0.3, -0.25) is 0 Å². The van der Waals surface area contributed by atoms with Gasteiger partial charge in [-0.2, -0.15) is 0 Å². The Balaban J connectivity index is 2.29. The van der Waals surface area contributed by atoms with Crippen LogP contribution >= 0.6 is 11.6 Å². The summed E-state index contributed by atoms with van der Waals surface area (Å²) in [4.78, 5) is 0.